The third kappa shape index (κ3) is 2.80. The lowest BCUT2D eigenvalue weighted by Gasteiger charge is -2.39. The minimum atomic E-state index is -0.243. The average Bonchev–Trinajstić information content (AvgIpc) is 2.42. The number of fused-ring (bicyclic) bond motifs is 1. The Balaban J connectivity index is 0.00000112. The van der Waals surface area contributed by atoms with E-state index >= 15 is 0 Å². The normalized spacial score (nSPS) is 29.8. The van der Waals surface area contributed by atoms with Gasteiger partial charge in [0.15, 0.2) is 0 Å². The molecule has 2 N–H and O–H groups in total. The first-order valence-electron chi connectivity index (χ1n) is 5.39. The van der Waals surface area contributed by atoms with Crippen molar-refractivity contribution in [3.63, 3.8) is 0 Å². The maximum atomic E-state index is 11.6. The zero-order valence-corrected chi connectivity index (χ0v) is 11.4. The molecule has 0 aromatic rings. The van der Waals surface area contributed by atoms with Crippen LogP contribution in [-0.4, -0.2) is 53.5 Å². The molecule has 0 aromatic heterocycles. The van der Waals surface area contributed by atoms with Crippen molar-refractivity contribution in [1.82, 2.24) is 9.80 Å². The van der Waals surface area contributed by atoms with Gasteiger partial charge in [0.05, 0.1) is 6.04 Å². The fourth-order valence-electron chi connectivity index (χ4n) is 2.45. The highest BCUT2D eigenvalue weighted by molar-refractivity contribution is 5.85. The van der Waals surface area contributed by atoms with Gasteiger partial charge in [-0.2, -0.15) is 0 Å². The van der Waals surface area contributed by atoms with E-state index in [0.29, 0.717) is 12.1 Å². The van der Waals surface area contributed by atoms with E-state index in [4.69, 9.17) is 5.73 Å². The summed E-state index contributed by atoms with van der Waals surface area (Å²) in [5.74, 6) is 0.151. The lowest BCUT2D eigenvalue weighted by Crippen LogP contribution is -2.53. The van der Waals surface area contributed by atoms with Crippen molar-refractivity contribution in [3.05, 3.63) is 0 Å². The molecule has 2 saturated heterocycles. The van der Waals surface area contributed by atoms with Crippen LogP contribution in [-0.2, 0) is 4.79 Å². The number of piperazine rings is 1. The van der Waals surface area contributed by atoms with Crippen molar-refractivity contribution >= 4 is 30.7 Å². The second-order valence-electron chi connectivity index (χ2n) is 4.62. The highest BCUT2D eigenvalue weighted by Crippen LogP contribution is 2.23. The third-order valence-electron chi connectivity index (χ3n) is 3.37. The molecule has 2 atom stereocenters. The summed E-state index contributed by atoms with van der Waals surface area (Å²) in [5, 5.41) is 0. The molecule has 2 heterocycles. The first-order valence-corrected chi connectivity index (χ1v) is 5.39. The van der Waals surface area contributed by atoms with Gasteiger partial charge in [0.25, 0.3) is 0 Å². The molecule has 6 heteroatoms. The van der Waals surface area contributed by atoms with Gasteiger partial charge in [0, 0.05) is 31.7 Å². The van der Waals surface area contributed by atoms with E-state index in [9.17, 15) is 4.79 Å². The third-order valence-corrected chi connectivity index (χ3v) is 3.37. The van der Waals surface area contributed by atoms with Crippen molar-refractivity contribution in [3.8, 4) is 0 Å². The Kier molecular flexibility index (Phi) is 6.04. The molecule has 96 valence electrons. The molecule has 4 nitrogen and oxygen atoms in total. The number of hydrogen-bond donors (Lipinski definition) is 1. The number of carbonyl (C=O) groups is 1. The van der Waals surface area contributed by atoms with Crippen LogP contribution in [0.5, 0.6) is 0 Å². The maximum Gasteiger partial charge on any atom is 0.239 e. The summed E-state index contributed by atoms with van der Waals surface area (Å²) >= 11 is 0. The van der Waals surface area contributed by atoms with Gasteiger partial charge in [-0.05, 0) is 20.3 Å². The number of rotatable bonds is 1. The van der Waals surface area contributed by atoms with E-state index in [1.54, 1.807) is 0 Å². The molecule has 2 rings (SSSR count). The second-order valence-corrected chi connectivity index (χ2v) is 4.62. The van der Waals surface area contributed by atoms with E-state index < -0.39 is 0 Å². The minimum absolute atomic E-state index is 0. The maximum absolute atomic E-state index is 11.6. The van der Waals surface area contributed by atoms with Crippen LogP contribution in [0.15, 0.2) is 0 Å². The number of nitrogens with zero attached hydrogens (tertiary/aromatic N) is 2. The molecular formula is C10H21Cl2N3O. The average molecular weight is 270 g/mol. The molecule has 0 radical (unpaired) electrons. The smallest absolute Gasteiger partial charge is 0.239 e. The van der Waals surface area contributed by atoms with Crippen LogP contribution in [0.1, 0.15) is 20.3 Å². The van der Waals surface area contributed by atoms with E-state index in [2.05, 4.69) is 18.7 Å². The van der Waals surface area contributed by atoms with Gasteiger partial charge in [-0.15, -0.1) is 24.8 Å². The topological polar surface area (TPSA) is 49.6 Å². The Labute approximate surface area is 109 Å². The first-order chi connectivity index (χ1) is 6.59. The molecular weight excluding hydrogens is 249 g/mol. The molecule has 0 saturated carbocycles. The van der Waals surface area contributed by atoms with Crippen molar-refractivity contribution in [1.29, 1.82) is 0 Å². The van der Waals surface area contributed by atoms with E-state index in [1.807, 2.05) is 4.90 Å². The predicted molar refractivity (Wildman–Crippen MR) is 69.3 cm³/mol. The molecule has 2 unspecified atom stereocenters. The Morgan fingerprint density at radius 1 is 1.31 bits per heavy atom. The Hall–Kier alpha value is -0.0300. The second kappa shape index (κ2) is 6.05. The summed E-state index contributed by atoms with van der Waals surface area (Å²) in [6.07, 6.45) is 0.835. The Morgan fingerprint density at radius 3 is 2.50 bits per heavy atom. The van der Waals surface area contributed by atoms with Gasteiger partial charge in [-0.25, -0.2) is 0 Å². The zero-order chi connectivity index (χ0) is 10.3. The molecule has 0 aromatic carbocycles. The fraction of sp³-hybridized carbons (Fsp3) is 0.900. The lowest BCUT2D eigenvalue weighted by molar-refractivity contribution is -0.131. The summed E-state index contributed by atoms with van der Waals surface area (Å²) in [6.45, 7) is 7.25. The van der Waals surface area contributed by atoms with E-state index in [-0.39, 0.29) is 36.8 Å². The SMILES string of the molecule is CC(C)N1CCN2C(=O)C(N)CC2C1.Cl.Cl. The van der Waals surface area contributed by atoms with Crippen LogP contribution in [0.2, 0.25) is 0 Å². The van der Waals surface area contributed by atoms with Gasteiger partial charge in [-0.1, -0.05) is 0 Å². The predicted octanol–water partition coefficient (Wildman–Crippen LogP) is 0.482. The summed E-state index contributed by atoms with van der Waals surface area (Å²) < 4.78 is 0. The summed E-state index contributed by atoms with van der Waals surface area (Å²) in [4.78, 5) is 16.0. The van der Waals surface area contributed by atoms with Crippen molar-refractivity contribution in [2.24, 2.45) is 5.73 Å². The number of carbonyl (C=O) groups excluding carboxylic acids is 1. The highest BCUT2D eigenvalue weighted by atomic mass is 35.5. The lowest BCUT2D eigenvalue weighted by atomic mass is 10.1. The van der Waals surface area contributed by atoms with Gasteiger partial charge in [0.2, 0.25) is 5.91 Å². The highest BCUT2D eigenvalue weighted by Gasteiger charge is 2.40. The van der Waals surface area contributed by atoms with Crippen molar-refractivity contribution in [2.45, 2.75) is 38.4 Å². The van der Waals surface area contributed by atoms with Crippen LogP contribution in [0.4, 0.5) is 0 Å². The molecule has 1 amide bonds. The molecule has 2 aliphatic rings. The van der Waals surface area contributed by atoms with Gasteiger partial charge in [0.1, 0.15) is 0 Å². The summed E-state index contributed by atoms with van der Waals surface area (Å²) in [5.41, 5.74) is 5.75. The van der Waals surface area contributed by atoms with Gasteiger partial charge < -0.3 is 10.6 Å². The Morgan fingerprint density at radius 2 is 1.94 bits per heavy atom. The Bertz CT molecular complexity index is 250. The van der Waals surface area contributed by atoms with Crippen molar-refractivity contribution < 1.29 is 4.79 Å². The van der Waals surface area contributed by atoms with Crippen LogP contribution in [0, 0.1) is 0 Å². The fourth-order valence-corrected chi connectivity index (χ4v) is 2.45. The number of nitrogens with two attached hydrogens (primary N) is 1. The van der Waals surface area contributed by atoms with E-state index in [0.717, 1.165) is 26.1 Å². The number of hydrogen-bond acceptors (Lipinski definition) is 3. The monoisotopic (exact) mass is 269 g/mol. The molecule has 2 aliphatic heterocycles. The minimum Gasteiger partial charge on any atom is -0.336 e. The molecule has 0 spiro atoms. The summed E-state index contributed by atoms with van der Waals surface area (Å²) in [7, 11) is 0. The first kappa shape index (κ1) is 16.0. The van der Waals surface area contributed by atoms with Crippen LogP contribution in [0.3, 0.4) is 0 Å². The van der Waals surface area contributed by atoms with Crippen molar-refractivity contribution in [2.75, 3.05) is 19.6 Å². The largest absolute Gasteiger partial charge is 0.336 e. The van der Waals surface area contributed by atoms with Crippen LogP contribution >= 0.6 is 24.8 Å². The molecule has 0 bridgehead atoms. The summed E-state index contributed by atoms with van der Waals surface area (Å²) in [6, 6.07) is 0.699. The molecule has 2 fully saturated rings. The zero-order valence-electron chi connectivity index (χ0n) is 9.76. The van der Waals surface area contributed by atoms with Gasteiger partial charge in [-0.3, -0.25) is 9.69 Å². The van der Waals surface area contributed by atoms with Crippen LogP contribution in [0.25, 0.3) is 0 Å². The number of amides is 1. The van der Waals surface area contributed by atoms with Gasteiger partial charge >= 0.3 is 0 Å². The quantitative estimate of drug-likeness (QED) is 0.754. The molecule has 0 aliphatic carbocycles. The molecule has 16 heavy (non-hydrogen) atoms. The number of halogens is 2. The van der Waals surface area contributed by atoms with E-state index in [1.165, 1.54) is 0 Å². The van der Waals surface area contributed by atoms with Crippen LogP contribution < -0.4 is 5.73 Å². The standard InChI is InChI=1S/C10H19N3O.2ClH/c1-7(2)12-3-4-13-8(6-12)5-9(11)10(13)14;;/h7-9H,3-6,11H2,1-2H3;2*1H.